The van der Waals surface area contributed by atoms with Crippen molar-refractivity contribution in [2.24, 2.45) is 5.92 Å². The lowest BCUT2D eigenvalue weighted by Crippen LogP contribution is -2.13. The molecule has 0 aromatic rings. The Kier molecular flexibility index (Phi) is 5.88. The first-order valence-electron chi connectivity index (χ1n) is 5.92. The van der Waals surface area contributed by atoms with Crippen LogP contribution in [0, 0.1) is 5.92 Å². The summed E-state index contributed by atoms with van der Waals surface area (Å²) in [5.41, 5.74) is 0. The fourth-order valence-electron chi connectivity index (χ4n) is 1.86. The fourth-order valence-corrected chi connectivity index (χ4v) is 1.86. The van der Waals surface area contributed by atoms with E-state index in [-0.39, 0.29) is 12.0 Å². The summed E-state index contributed by atoms with van der Waals surface area (Å²) in [5.74, 6) is 0.702. The summed E-state index contributed by atoms with van der Waals surface area (Å²) in [6, 6.07) is 0. The molecule has 1 aliphatic carbocycles. The van der Waals surface area contributed by atoms with Gasteiger partial charge in [0.2, 0.25) is 0 Å². The fraction of sp³-hybridized carbons (Fsp3) is 0.917. The summed E-state index contributed by atoms with van der Waals surface area (Å²) in [7, 11) is 0. The van der Waals surface area contributed by atoms with E-state index in [0.717, 1.165) is 25.7 Å². The van der Waals surface area contributed by atoms with Crippen molar-refractivity contribution in [2.75, 3.05) is 19.8 Å². The van der Waals surface area contributed by atoms with Crippen molar-refractivity contribution >= 4 is 5.78 Å². The monoisotopic (exact) mass is 214 g/mol. The van der Waals surface area contributed by atoms with Gasteiger partial charge in [-0.15, -0.1) is 0 Å². The molecule has 0 aromatic carbocycles. The van der Waals surface area contributed by atoms with E-state index in [2.05, 4.69) is 0 Å². The van der Waals surface area contributed by atoms with Gasteiger partial charge in [0.05, 0.1) is 19.3 Å². The van der Waals surface area contributed by atoms with Crippen LogP contribution in [0.5, 0.6) is 0 Å². The van der Waals surface area contributed by atoms with Crippen molar-refractivity contribution in [3.05, 3.63) is 0 Å². The molecule has 1 rings (SSSR count). The zero-order chi connectivity index (χ0) is 11.1. The zero-order valence-electron chi connectivity index (χ0n) is 9.83. The van der Waals surface area contributed by atoms with Crippen LogP contribution in [0.3, 0.4) is 0 Å². The summed E-state index contributed by atoms with van der Waals surface area (Å²) in [6.07, 6.45) is 4.07. The second-order valence-electron chi connectivity index (χ2n) is 4.38. The number of ether oxygens (including phenoxy) is 2. The molecule has 0 bridgehead atoms. The van der Waals surface area contributed by atoms with E-state index in [9.17, 15) is 4.79 Å². The Morgan fingerprint density at radius 2 is 2.13 bits per heavy atom. The standard InChI is InChI=1S/C12H22O3/c1-10(2)15-9-8-14-7-6-11-4-3-5-12(11)13/h10-11H,3-9H2,1-2H3. The predicted octanol–water partition coefficient (Wildman–Crippen LogP) is 2.19. The number of ketones is 1. The van der Waals surface area contributed by atoms with Gasteiger partial charge in [0.15, 0.2) is 0 Å². The topological polar surface area (TPSA) is 35.5 Å². The smallest absolute Gasteiger partial charge is 0.136 e. The molecule has 0 aliphatic heterocycles. The van der Waals surface area contributed by atoms with E-state index < -0.39 is 0 Å². The molecule has 3 nitrogen and oxygen atoms in total. The number of rotatable bonds is 7. The van der Waals surface area contributed by atoms with Crippen molar-refractivity contribution in [3.8, 4) is 0 Å². The minimum atomic E-state index is 0.269. The van der Waals surface area contributed by atoms with E-state index in [1.165, 1.54) is 0 Å². The molecule has 0 amide bonds. The second kappa shape index (κ2) is 6.96. The van der Waals surface area contributed by atoms with E-state index in [1.807, 2.05) is 13.8 Å². The van der Waals surface area contributed by atoms with Crippen molar-refractivity contribution in [1.29, 1.82) is 0 Å². The number of hydrogen-bond donors (Lipinski definition) is 0. The summed E-state index contributed by atoms with van der Waals surface area (Å²) in [4.78, 5) is 11.3. The van der Waals surface area contributed by atoms with Crippen molar-refractivity contribution < 1.29 is 14.3 Å². The van der Waals surface area contributed by atoms with Crippen LogP contribution >= 0.6 is 0 Å². The molecule has 3 heteroatoms. The Balaban J connectivity index is 1.90. The lowest BCUT2D eigenvalue weighted by molar-refractivity contribution is -0.121. The van der Waals surface area contributed by atoms with Crippen molar-refractivity contribution in [2.45, 2.75) is 45.6 Å². The van der Waals surface area contributed by atoms with Gasteiger partial charge in [-0.3, -0.25) is 4.79 Å². The van der Waals surface area contributed by atoms with Crippen LogP contribution in [0.25, 0.3) is 0 Å². The van der Waals surface area contributed by atoms with Gasteiger partial charge in [-0.05, 0) is 33.1 Å². The first kappa shape index (κ1) is 12.7. The molecule has 88 valence electrons. The second-order valence-corrected chi connectivity index (χ2v) is 4.38. The first-order chi connectivity index (χ1) is 7.20. The SMILES string of the molecule is CC(C)OCCOCCC1CCCC1=O. The van der Waals surface area contributed by atoms with Gasteiger partial charge in [-0.25, -0.2) is 0 Å². The Morgan fingerprint density at radius 1 is 1.33 bits per heavy atom. The molecule has 0 N–H and O–H groups in total. The third kappa shape index (κ3) is 5.28. The molecular formula is C12H22O3. The Bertz CT molecular complexity index is 189. The summed E-state index contributed by atoms with van der Waals surface area (Å²) >= 11 is 0. The highest BCUT2D eigenvalue weighted by Gasteiger charge is 2.23. The molecule has 1 fully saturated rings. The lowest BCUT2D eigenvalue weighted by atomic mass is 10.0. The van der Waals surface area contributed by atoms with Gasteiger partial charge in [0, 0.05) is 18.9 Å². The third-order valence-electron chi connectivity index (χ3n) is 2.72. The van der Waals surface area contributed by atoms with Gasteiger partial charge >= 0.3 is 0 Å². The molecule has 15 heavy (non-hydrogen) atoms. The number of carbonyl (C=O) groups is 1. The third-order valence-corrected chi connectivity index (χ3v) is 2.72. The molecular weight excluding hydrogens is 192 g/mol. The van der Waals surface area contributed by atoms with Crippen LogP contribution in [-0.2, 0) is 14.3 Å². The predicted molar refractivity (Wildman–Crippen MR) is 58.9 cm³/mol. The number of Topliss-reactive ketones (excluding diaryl/α,β-unsaturated/α-hetero) is 1. The quantitative estimate of drug-likeness (QED) is 0.609. The maximum atomic E-state index is 11.3. The van der Waals surface area contributed by atoms with Gasteiger partial charge in [-0.2, -0.15) is 0 Å². The van der Waals surface area contributed by atoms with Gasteiger partial charge in [0.1, 0.15) is 5.78 Å². The average Bonchev–Trinajstić information content (AvgIpc) is 2.57. The van der Waals surface area contributed by atoms with Gasteiger partial charge in [-0.1, -0.05) is 0 Å². The maximum absolute atomic E-state index is 11.3. The number of carbonyl (C=O) groups excluding carboxylic acids is 1. The Hall–Kier alpha value is -0.410. The van der Waals surface area contributed by atoms with Crippen LogP contribution in [0.15, 0.2) is 0 Å². The summed E-state index contributed by atoms with van der Waals surface area (Å²) < 4.78 is 10.8. The molecule has 1 unspecified atom stereocenters. The maximum Gasteiger partial charge on any atom is 0.136 e. The molecule has 0 saturated heterocycles. The summed E-state index contributed by atoms with van der Waals surface area (Å²) in [6.45, 7) is 6.00. The van der Waals surface area contributed by atoms with Gasteiger partial charge < -0.3 is 9.47 Å². The van der Waals surface area contributed by atoms with Crippen LogP contribution in [0.4, 0.5) is 0 Å². The lowest BCUT2D eigenvalue weighted by Gasteiger charge is -2.10. The molecule has 0 spiro atoms. The summed E-state index contributed by atoms with van der Waals surface area (Å²) in [5, 5.41) is 0. The van der Waals surface area contributed by atoms with Gasteiger partial charge in [0.25, 0.3) is 0 Å². The highest BCUT2D eigenvalue weighted by molar-refractivity contribution is 5.82. The van der Waals surface area contributed by atoms with E-state index in [1.54, 1.807) is 0 Å². The van der Waals surface area contributed by atoms with Crippen LogP contribution in [0.1, 0.15) is 39.5 Å². The molecule has 0 heterocycles. The Labute approximate surface area is 92.1 Å². The van der Waals surface area contributed by atoms with Crippen molar-refractivity contribution in [1.82, 2.24) is 0 Å². The molecule has 0 aromatic heterocycles. The first-order valence-corrected chi connectivity index (χ1v) is 5.92. The largest absolute Gasteiger partial charge is 0.379 e. The van der Waals surface area contributed by atoms with Crippen molar-refractivity contribution in [3.63, 3.8) is 0 Å². The average molecular weight is 214 g/mol. The number of hydrogen-bond acceptors (Lipinski definition) is 3. The van der Waals surface area contributed by atoms with E-state index in [0.29, 0.717) is 25.6 Å². The molecule has 1 aliphatic rings. The highest BCUT2D eigenvalue weighted by Crippen LogP contribution is 2.23. The minimum absolute atomic E-state index is 0.269. The van der Waals surface area contributed by atoms with E-state index >= 15 is 0 Å². The zero-order valence-corrected chi connectivity index (χ0v) is 9.83. The minimum Gasteiger partial charge on any atom is -0.379 e. The van der Waals surface area contributed by atoms with Crippen LogP contribution < -0.4 is 0 Å². The van der Waals surface area contributed by atoms with Crippen LogP contribution in [-0.4, -0.2) is 31.7 Å². The molecule has 1 atom stereocenters. The Morgan fingerprint density at radius 3 is 2.73 bits per heavy atom. The normalized spacial score (nSPS) is 21.5. The molecule has 0 radical (unpaired) electrons. The highest BCUT2D eigenvalue weighted by atomic mass is 16.5. The van der Waals surface area contributed by atoms with E-state index in [4.69, 9.17) is 9.47 Å². The molecule has 1 saturated carbocycles. The van der Waals surface area contributed by atoms with Crippen LogP contribution in [0.2, 0.25) is 0 Å².